The first kappa shape index (κ1) is 19.2. The number of aryl methyl sites for hydroxylation is 1. The van der Waals surface area contributed by atoms with Crippen LogP contribution in [0.15, 0.2) is 57.6 Å². The number of aromatic nitrogens is 1. The molecule has 1 aromatic carbocycles. The van der Waals surface area contributed by atoms with Crippen molar-refractivity contribution in [3.05, 3.63) is 81.5 Å². The molecule has 0 fully saturated rings. The molecule has 0 radical (unpaired) electrons. The molecule has 6 heteroatoms. The average Bonchev–Trinajstić information content (AvgIpc) is 3.25. The molecule has 3 aromatic rings. The van der Waals surface area contributed by atoms with Crippen LogP contribution in [0.25, 0.3) is 0 Å². The largest absolute Gasteiger partial charge is 0.467 e. The van der Waals surface area contributed by atoms with E-state index in [1.165, 1.54) is 0 Å². The number of carbonyl (C=O) groups excluding carboxylic acids is 2. The second-order valence-corrected chi connectivity index (χ2v) is 7.25. The maximum absolute atomic E-state index is 12.5. The lowest BCUT2D eigenvalue weighted by Crippen LogP contribution is -2.16. The molecule has 0 aliphatic heterocycles. The summed E-state index contributed by atoms with van der Waals surface area (Å²) >= 11 is 3.35. The van der Waals surface area contributed by atoms with Gasteiger partial charge in [-0.2, -0.15) is 0 Å². The molecule has 0 aliphatic rings. The van der Waals surface area contributed by atoms with Crippen molar-refractivity contribution >= 4 is 27.7 Å². The Morgan fingerprint density at radius 1 is 1.15 bits per heavy atom. The summed E-state index contributed by atoms with van der Waals surface area (Å²) in [5.41, 5.74) is 3.19. The minimum atomic E-state index is -0.421. The highest BCUT2D eigenvalue weighted by Gasteiger charge is 2.18. The number of Topliss-reactive ketones (excluding diaryl/α,β-unsaturated/α-hetero) is 1. The summed E-state index contributed by atoms with van der Waals surface area (Å²) in [7, 11) is 0. The van der Waals surface area contributed by atoms with Gasteiger partial charge in [0.1, 0.15) is 5.76 Å². The summed E-state index contributed by atoms with van der Waals surface area (Å²) in [6, 6.07) is 13.0. The third-order valence-corrected chi connectivity index (χ3v) is 4.92. The van der Waals surface area contributed by atoms with Crippen molar-refractivity contribution in [2.45, 2.75) is 26.8 Å². The van der Waals surface area contributed by atoms with Gasteiger partial charge >= 0.3 is 5.97 Å². The minimum absolute atomic E-state index is 0.137. The standard InChI is InChI=1S/C21H20BrNO4/c1-14-10-19(15(2)23(14)12-18-4-3-9-26-18)20(24)13-27-21(25)11-16-5-7-17(22)8-6-16/h3-10H,11-13H2,1-2H3. The van der Waals surface area contributed by atoms with Gasteiger partial charge in [-0.15, -0.1) is 0 Å². The van der Waals surface area contributed by atoms with Crippen LogP contribution in [0.1, 0.15) is 33.1 Å². The Morgan fingerprint density at radius 2 is 1.89 bits per heavy atom. The van der Waals surface area contributed by atoms with E-state index in [1.54, 1.807) is 6.26 Å². The van der Waals surface area contributed by atoms with E-state index in [1.807, 2.05) is 60.9 Å². The Balaban J connectivity index is 1.60. The van der Waals surface area contributed by atoms with Gasteiger partial charge in [0.25, 0.3) is 0 Å². The van der Waals surface area contributed by atoms with Gasteiger partial charge in [0.2, 0.25) is 5.78 Å². The molecule has 5 nitrogen and oxygen atoms in total. The molecule has 0 unspecified atom stereocenters. The lowest BCUT2D eigenvalue weighted by atomic mass is 10.1. The van der Waals surface area contributed by atoms with Gasteiger partial charge in [-0.1, -0.05) is 28.1 Å². The highest BCUT2D eigenvalue weighted by molar-refractivity contribution is 9.10. The van der Waals surface area contributed by atoms with Crippen molar-refractivity contribution in [1.29, 1.82) is 0 Å². The van der Waals surface area contributed by atoms with Crippen LogP contribution in [-0.4, -0.2) is 22.9 Å². The van der Waals surface area contributed by atoms with Crippen LogP contribution in [0, 0.1) is 13.8 Å². The number of hydrogen-bond acceptors (Lipinski definition) is 4. The van der Waals surface area contributed by atoms with Gasteiger partial charge in [-0.25, -0.2) is 0 Å². The Kier molecular flexibility index (Phi) is 5.96. The van der Waals surface area contributed by atoms with Crippen LogP contribution in [-0.2, 0) is 22.5 Å². The Labute approximate surface area is 166 Å². The zero-order valence-corrected chi connectivity index (χ0v) is 16.8. The first-order valence-electron chi connectivity index (χ1n) is 8.56. The normalized spacial score (nSPS) is 10.8. The van der Waals surface area contributed by atoms with E-state index >= 15 is 0 Å². The van der Waals surface area contributed by atoms with Crippen LogP contribution < -0.4 is 0 Å². The summed E-state index contributed by atoms with van der Waals surface area (Å²) in [4.78, 5) is 24.5. The van der Waals surface area contributed by atoms with Crippen molar-refractivity contribution in [2.75, 3.05) is 6.61 Å². The molecule has 0 bridgehead atoms. The SMILES string of the molecule is Cc1cc(C(=O)COC(=O)Cc2ccc(Br)cc2)c(C)n1Cc1ccco1. The molecule has 0 saturated heterocycles. The quantitative estimate of drug-likeness (QED) is 0.410. The fourth-order valence-electron chi connectivity index (χ4n) is 2.93. The van der Waals surface area contributed by atoms with Crippen LogP contribution in [0.4, 0.5) is 0 Å². The third-order valence-electron chi connectivity index (χ3n) is 4.39. The summed E-state index contributed by atoms with van der Waals surface area (Å²) in [6.45, 7) is 4.11. The van der Waals surface area contributed by atoms with E-state index in [9.17, 15) is 9.59 Å². The zero-order valence-electron chi connectivity index (χ0n) is 15.2. The van der Waals surface area contributed by atoms with Crippen molar-refractivity contribution in [1.82, 2.24) is 4.57 Å². The number of rotatable bonds is 7. The molecule has 27 heavy (non-hydrogen) atoms. The van der Waals surface area contributed by atoms with Crippen molar-refractivity contribution in [3.8, 4) is 0 Å². The second kappa shape index (κ2) is 8.39. The first-order valence-corrected chi connectivity index (χ1v) is 9.35. The smallest absolute Gasteiger partial charge is 0.310 e. The Bertz CT molecular complexity index is 939. The molecule has 0 amide bonds. The maximum Gasteiger partial charge on any atom is 0.310 e. The second-order valence-electron chi connectivity index (χ2n) is 6.34. The number of halogens is 1. The molecule has 140 valence electrons. The van der Waals surface area contributed by atoms with Crippen molar-refractivity contribution in [2.24, 2.45) is 0 Å². The summed E-state index contributed by atoms with van der Waals surface area (Å²) < 4.78 is 13.5. The number of hydrogen-bond donors (Lipinski definition) is 0. The number of furan rings is 1. The van der Waals surface area contributed by atoms with Gasteiger partial charge < -0.3 is 13.7 Å². The van der Waals surface area contributed by atoms with Gasteiger partial charge in [0, 0.05) is 21.4 Å². The zero-order chi connectivity index (χ0) is 19.4. The Morgan fingerprint density at radius 3 is 2.56 bits per heavy atom. The highest BCUT2D eigenvalue weighted by Crippen LogP contribution is 2.18. The number of esters is 1. The van der Waals surface area contributed by atoms with E-state index in [-0.39, 0.29) is 18.8 Å². The van der Waals surface area contributed by atoms with Gasteiger partial charge in [0.15, 0.2) is 6.61 Å². The monoisotopic (exact) mass is 429 g/mol. The molecule has 0 saturated carbocycles. The molecular weight excluding hydrogens is 410 g/mol. The van der Waals surface area contributed by atoms with E-state index in [0.29, 0.717) is 12.1 Å². The van der Waals surface area contributed by atoms with Gasteiger partial charge in [0.05, 0.1) is 19.2 Å². The van der Waals surface area contributed by atoms with Gasteiger partial charge in [-0.05, 0) is 49.7 Å². The summed E-state index contributed by atoms with van der Waals surface area (Å²) in [6.07, 6.45) is 1.76. The fraction of sp³-hybridized carbons (Fsp3) is 0.238. The predicted octanol–water partition coefficient (Wildman–Crippen LogP) is 4.48. The molecule has 2 heterocycles. The lowest BCUT2D eigenvalue weighted by Gasteiger charge is -2.08. The predicted molar refractivity (Wildman–Crippen MR) is 105 cm³/mol. The number of carbonyl (C=O) groups is 2. The fourth-order valence-corrected chi connectivity index (χ4v) is 3.19. The molecule has 2 aromatic heterocycles. The van der Waals surface area contributed by atoms with Crippen LogP contribution in [0.5, 0.6) is 0 Å². The van der Waals surface area contributed by atoms with Crippen LogP contribution in [0.3, 0.4) is 0 Å². The van der Waals surface area contributed by atoms with E-state index in [2.05, 4.69) is 15.9 Å². The lowest BCUT2D eigenvalue weighted by molar-refractivity contribution is -0.141. The number of ether oxygens (including phenoxy) is 1. The Hall–Kier alpha value is -2.60. The average molecular weight is 430 g/mol. The van der Waals surface area contributed by atoms with Crippen molar-refractivity contribution < 1.29 is 18.7 Å². The third kappa shape index (κ3) is 4.77. The molecule has 0 aliphatic carbocycles. The highest BCUT2D eigenvalue weighted by atomic mass is 79.9. The number of ketones is 1. The molecule has 3 rings (SSSR count). The maximum atomic E-state index is 12.5. The van der Waals surface area contributed by atoms with E-state index in [0.717, 1.165) is 27.2 Å². The number of nitrogens with zero attached hydrogens (tertiary/aromatic N) is 1. The molecule has 0 spiro atoms. The molecule has 0 N–H and O–H groups in total. The summed E-state index contributed by atoms with van der Waals surface area (Å²) in [5.74, 6) is 0.185. The summed E-state index contributed by atoms with van der Waals surface area (Å²) in [5, 5.41) is 0. The number of benzene rings is 1. The van der Waals surface area contributed by atoms with E-state index < -0.39 is 5.97 Å². The minimum Gasteiger partial charge on any atom is -0.467 e. The van der Waals surface area contributed by atoms with E-state index in [4.69, 9.17) is 9.15 Å². The molecule has 0 atom stereocenters. The van der Waals surface area contributed by atoms with Crippen LogP contribution >= 0.6 is 15.9 Å². The first-order chi connectivity index (χ1) is 12.9. The topological polar surface area (TPSA) is 61.4 Å². The van der Waals surface area contributed by atoms with Crippen molar-refractivity contribution in [3.63, 3.8) is 0 Å². The van der Waals surface area contributed by atoms with Crippen LogP contribution in [0.2, 0.25) is 0 Å². The molecular formula is C21H20BrNO4. The van der Waals surface area contributed by atoms with Gasteiger partial charge in [-0.3, -0.25) is 9.59 Å².